The van der Waals surface area contributed by atoms with Gasteiger partial charge in [0.25, 0.3) is 5.91 Å². The topological polar surface area (TPSA) is 52.7 Å². The van der Waals surface area contributed by atoms with Crippen LogP contribution in [0.2, 0.25) is 0 Å². The van der Waals surface area contributed by atoms with Gasteiger partial charge in [0.15, 0.2) is 0 Å². The van der Waals surface area contributed by atoms with Crippen LogP contribution in [0.3, 0.4) is 0 Å². The van der Waals surface area contributed by atoms with E-state index < -0.39 is 18.6 Å². The Balaban J connectivity index is 1.73. The van der Waals surface area contributed by atoms with Gasteiger partial charge < -0.3 is 10.2 Å². The van der Waals surface area contributed by atoms with Crippen molar-refractivity contribution in [2.24, 2.45) is 0 Å². The second-order valence-corrected chi connectivity index (χ2v) is 5.89. The van der Waals surface area contributed by atoms with Crippen LogP contribution in [0.15, 0.2) is 17.5 Å². The highest BCUT2D eigenvalue weighted by molar-refractivity contribution is 7.12. The van der Waals surface area contributed by atoms with Gasteiger partial charge in [0.2, 0.25) is 5.91 Å². The minimum Gasteiger partial charge on any atom is -0.346 e. The van der Waals surface area contributed by atoms with Crippen molar-refractivity contribution in [3.8, 4) is 0 Å². The molecule has 0 spiro atoms. The normalized spacial score (nSPS) is 16.6. The minimum absolute atomic E-state index is 0.0452. The molecule has 1 aromatic rings. The lowest BCUT2D eigenvalue weighted by molar-refractivity contribution is -0.139. The fourth-order valence-electron chi connectivity index (χ4n) is 2.12. The van der Waals surface area contributed by atoms with Gasteiger partial charge in [-0.3, -0.25) is 14.5 Å². The molecule has 2 amide bonds. The Kier molecular flexibility index (Phi) is 5.41. The second-order valence-electron chi connectivity index (χ2n) is 4.94. The van der Waals surface area contributed by atoms with Crippen molar-refractivity contribution in [2.45, 2.75) is 6.18 Å². The molecule has 122 valence electrons. The molecule has 2 heterocycles. The molecule has 5 nitrogen and oxygen atoms in total. The lowest BCUT2D eigenvalue weighted by atomic mass is 10.3. The molecule has 0 aromatic carbocycles. The van der Waals surface area contributed by atoms with Gasteiger partial charge in [-0.1, -0.05) is 6.07 Å². The Morgan fingerprint density at radius 2 is 1.91 bits per heavy atom. The van der Waals surface area contributed by atoms with Crippen LogP contribution in [0.25, 0.3) is 0 Å². The van der Waals surface area contributed by atoms with Gasteiger partial charge in [0.05, 0.1) is 11.4 Å². The molecule has 1 aromatic heterocycles. The summed E-state index contributed by atoms with van der Waals surface area (Å²) in [6.45, 7) is 0.458. The van der Waals surface area contributed by atoms with E-state index in [1.54, 1.807) is 21.9 Å². The van der Waals surface area contributed by atoms with E-state index in [0.717, 1.165) is 0 Å². The number of piperazine rings is 1. The largest absolute Gasteiger partial charge is 0.405 e. The van der Waals surface area contributed by atoms with Gasteiger partial charge in [0.1, 0.15) is 6.54 Å². The zero-order chi connectivity index (χ0) is 16.2. The summed E-state index contributed by atoms with van der Waals surface area (Å²) in [5.74, 6) is -0.702. The first-order valence-electron chi connectivity index (χ1n) is 6.74. The summed E-state index contributed by atoms with van der Waals surface area (Å²) in [7, 11) is 0. The van der Waals surface area contributed by atoms with Gasteiger partial charge in [-0.05, 0) is 11.4 Å². The number of alkyl halides is 3. The number of nitrogens with zero attached hydrogens (tertiary/aromatic N) is 2. The maximum Gasteiger partial charge on any atom is 0.405 e. The molecule has 1 aliphatic rings. The van der Waals surface area contributed by atoms with Crippen molar-refractivity contribution in [2.75, 3.05) is 39.3 Å². The van der Waals surface area contributed by atoms with Crippen LogP contribution in [0.4, 0.5) is 13.2 Å². The SMILES string of the molecule is O=C(CN1CCN(C(=O)c2cccs2)CC1)NCC(F)(F)F. The Bertz CT molecular complexity index is 511. The van der Waals surface area contributed by atoms with Crippen LogP contribution < -0.4 is 5.32 Å². The molecule has 0 atom stereocenters. The van der Waals surface area contributed by atoms with Crippen LogP contribution in [0.1, 0.15) is 9.67 Å². The summed E-state index contributed by atoms with van der Waals surface area (Å²) < 4.78 is 36.0. The first-order valence-corrected chi connectivity index (χ1v) is 7.62. The standard InChI is InChI=1S/C13H16F3N3O2S/c14-13(15,16)9-17-11(20)8-18-3-5-19(6-4-18)12(21)10-2-1-7-22-10/h1-2,7H,3-6,8-9H2,(H,17,20). The molecule has 1 fully saturated rings. The number of carbonyl (C=O) groups is 2. The molecule has 0 bridgehead atoms. The number of hydrogen-bond acceptors (Lipinski definition) is 4. The van der Waals surface area contributed by atoms with Gasteiger partial charge >= 0.3 is 6.18 Å². The Hall–Kier alpha value is -1.61. The third kappa shape index (κ3) is 4.99. The molecule has 1 aliphatic heterocycles. The minimum atomic E-state index is -4.40. The van der Waals surface area contributed by atoms with Crippen LogP contribution in [0, 0.1) is 0 Å². The Morgan fingerprint density at radius 3 is 2.45 bits per heavy atom. The number of hydrogen-bond donors (Lipinski definition) is 1. The molecule has 9 heteroatoms. The van der Waals surface area contributed by atoms with Gasteiger partial charge in [-0.2, -0.15) is 13.2 Å². The van der Waals surface area contributed by atoms with E-state index in [1.165, 1.54) is 11.3 Å². The van der Waals surface area contributed by atoms with E-state index in [-0.39, 0.29) is 12.5 Å². The van der Waals surface area contributed by atoms with Crippen LogP contribution in [-0.4, -0.2) is 67.1 Å². The molecule has 0 saturated carbocycles. The van der Waals surface area contributed by atoms with E-state index >= 15 is 0 Å². The third-order valence-corrected chi connectivity index (χ3v) is 4.10. The van der Waals surface area contributed by atoms with Crippen LogP contribution >= 0.6 is 11.3 Å². The van der Waals surface area contributed by atoms with Crippen molar-refractivity contribution in [3.63, 3.8) is 0 Å². The zero-order valence-electron chi connectivity index (χ0n) is 11.7. The number of amides is 2. The monoisotopic (exact) mass is 335 g/mol. The lowest BCUT2D eigenvalue weighted by Gasteiger charge is -2.34. The zero-order valence-corrected chi connectivity index (χ0v) is 12.5. The number of thiophene rings is 1. The summed E-state index contributed by atoms with van der Waals surface area (Å²) in [5.41, 5.74) is 0. The van der Waals surface area contributed by atoms with Crippen molar-refractivity contribution in [1.29, 1.82) is 0 Å². The van der Waals surface area contributed by atoms with E-state index in [0.29, 0.717) is 31.1 Å². The quantitative estimate of drug-likeness (QED) is 0.899. The maximum atomic E-state index is 12.1. The van der Waals surface area contributed by atoms with Gasteiger partial charge in [0, 0.05) is 26.2 Å². The predicted octanol–water partition coefficient (Wildman–Crippen LogP) is 1.18. The molecular formula is C13H16F3N3O2S. The summed E-state index contributed by atoms with van der Waals surface area (Å²) in [6.07, 6.45) is -4.40. The summed E-state index contributed by atoms with van der Waals surface area (Å²) in [5, 5.41) is 3.67. The first-order chi connectivity index (χ1) is 10.3. The maximum absolute atomic E-state index is 12.1. The number of rotatable bonds is 4. The van der Waals surface area contributed by atoms with E-state index in [9.17, 15) is 22.8 Å². The highest BCUT2D eigenvalue weighted by atomic mass is 32.1. The van der Waals surface area contributed by atoms with Crippen molar-refractivity contribution in [3.05, 3.63) is 22.4 Å². The third-order valence-electron chi connectivity index (χ3n) is 3.24. The van der Waals surface area contributed by atoms with Gasteiger partial charge in [-0.25, -0.2) is 0 Å². The average Bonchev–Trinajstić information content (AvgIpc) is 2.99. The molecule has 1 N–H and O–H groups in total. The van der Waals surface area contributed by atoms with Crippen molar-refractivity contribution in [1.82, 2.24) is 15.1 Å². The van der Waals surface area contributed by atoms with Crippen LogP contribution in [0.5, 0.6) is 0 Å². The fourth-order valence-corrected chi connectivity index (χ4v) is 2.81. The number of carbonyl (C=O) groups excluding carboxylic acids is 2. The van der Waals surface area contributed by atoms with Crippen molar-refractivity contribution < 1.29 is 22.8 Å². The molecule has 0 radical (unpaired) electrons. The van der Waals surface area contributed by atoms with E-state index in [2.05, 4.69) is 0 Å². The lowest BCUT2D eigenvalue weighted by Crippen LogP contribution is -2.51. The Morgan fingerprint density at radius 1 is 1.23 bits per heavy atom. The van der Waals surface area contributed by atoms with Crippen LogP contribution in [-0.2, 0) is 4.79 Å². The smallest absolute Gasteiger partial charge is 0.346 e. The van der Waals surface area contributed by atoms with Gasteiger partial charge in [-0.15, -0.1) is 11.3 Å². The van der Waals surface area contributed by atoms with Crippen molar-refractivity contribution >= 4 is 23.2 Å². The summed E-state index contributed by atoms with van der Waals surface area (Å²) in [6, 6.07) is 3.56. The molecule has 22 heavy (non-hydrogen) atoms. The molecule has 2 rings (SSSR count). The number of halogens is 3. The average molecular weight is 335 g/mol. The molecular weight excluding hydrogens is 319 g/mol. The summed E-state index contributed by atoms with van der Waals surface area (Å²) >= 11 is 1.37. The van der Waals surface area contributed by atoms with E-state index in [4.69, 9.17) is 0 Å². The molecule has 1 saturated heterocycles. The Labute approximate surface area is 129 Å². The number of nitrogens with one attached hydrogen (secondary N) is 1. The second kappa shape index (κ2) is 7.10. The first kappa shape index (κ1) is 16.8. The van der Waals surface area contributed by atoms with E-state index in [1.807, 2.05) is 10.7 Å². The molecule has 0 unspecified atom stereocenters. The predicted molar refractivity (Wildman–Crippen MR) is 75.7 cm³/mol. The highest BCUT2D eigenvalue weighted by Crippen LogP contribution is 2.14. The molecule has 0 aliphatic carbocycles. The summed E-state index contributed by atoms with van der Waals surface area (Å²) in [4.78, 5) is 27.6. The fraction of sp³-hybridized carbons (Fsp3) is 0.538. The highest BCUT2D eigenvalue weighted by Gasteiger charge is 2.28.